The van der Waals surface area contributed by atoms with Crippen molar-refractivity contribution < 1.29 is 14.7 Å². The molecule has 0 aromatic carbocycles. The molecule has 0 unspecified atom stereocenters. The lowest BCUT2D eigenvalue weighted by Crippen LogP contribution is -2.40. The molecule has 1 aromatic rings. The van der Waals surface area contributed by atoms with Crippen LogP contribution in [-0.2, 0) is 6.54 Å². The highest BCUT2D eigenvalue weighted by molar-refractivity contribution is 5.23. The van der Waals surface area contributed by atoms with Gasteiger partial charge < -0.3 is 14.7 Å². The van der Waals surface area contributed by atoms with Crippen LogP contribution in [0.4, 0.5) is 0 Å². The molecular formula is C11H21N2O2+. The number of aromatic hydroxyl groups is 2. The minimum Gasteiger partial charge on any atom is -0.494 e. The van der Waals surface area contributed by atoms with E-state index < -0.39 is 0 Å². The molecule has 15 heavy (non-hydrogen) atoms. The molecule has 0 amide bonds. The van der Waals surface area contributed by atoms with Gasteiger partial charge in [0.25, 0.3) is 0 Å². The highest BCUT2D eigenvalue weighted by atomic mass is 16.3. The molecule has 0 fully saturated rings. The quantitative estimate of drug-likeness (QED) is 0.726. The standard InChI is InChI=1S/C11H20N2O2/c1-4-13(2,3)9-5-8-12-10(14)6-7-11(12)15/h6-7H,4-5,8-9H2,1-3H3,(H-,14,15)/p+1. The summed E-state index contributed by atoms with van der Waals surface area (Å²) < 4.78 is 2.48. The van der Waals surface area contributed by atoms with E-state index in [1.165, 1.54) is 16.7 Å². The van der Waals surface area contributed by atoms with Crippen LogP contribution < -0.4 is 0 Å². The van der Waals surface area contributed by atoms with Gasteiger partial charge in [0.2, 0.25) is 0 Å². The molecule has 0 radical (unpaired) electrons. The van der Waals surface area contributed by atoms with Crippen molar-refractivity contribution in [1.29, 1.82) is 0 Å². The third kappa shape index (κ3) is 3.16. The predicted octanol–water partition coefficient (Wildman–Crippen LogP) is 1.39. The van der Waals surface area contributed by atoms with E-state index in [0.29, 0.717) is 6.54 Å². The molecule has 1 aromatic heterocycles. The molecule has 0 saturated carbocycles. The molecule has 2 N–H and O–H groups in total. The molecule has 4 nitrogen and oxygen atoms in total. The van der Waals surface area contributed by atoms with Crippen LogP contribution in [0, 0.1) is 0 Å². The Labute approximate surface area is 91.0 Å². The van der Waals surface area contributed by atoms with Gasteiger partial charge >= 0.3 is 0 Å². The molecule has 86 valence electrons. The van der Waals surface area contributed by atoms with Crippen molar-refractivity contribution in [3.63, 3.8) is 0 Å². The van der Waals surface area contributed by atoms with Gasteiger partial charge in [0, 0.05) is 25.1 Å². The molecule has 0 saturated heterocycles. The van der Waals surface area contributed by atoms with Crippen LogP contribution >= 0.6 is 0 Å². The van der Waals surface area contributed by atoms with E-state index in [1.807, 2.05) is 0 Å². The SMILES string of the molecule is CC[N+](C)(C)CCCn1c(O)ccc1O. The predicted molar refractivity (Wildman–Crippen MR) is 59.9 cm³/mol. The van der Waals surface area contributed by atoms with Crippen molar-refractivity contribution >= 4 is 0 Å². The number of aromatic nitrogens is 1. The lowest BCUT2D eigenvalue weighted by atomic mass is 10.3. The third-order valence-electron chi connectivity index (χ3n) is 2.94. The Morgan fingerprint density at radius 3 is 2.20 bits per heavy atom. The van der Waals surface area contributed by atoms with Gasteiger partial charge in [0.15, 0.2) is 11.8 Å². The molecule has 0 atom stereocenters. The van der Waals surface area contributed by atoms with E-state index in [1.54, 1.807) is 0 Å². The molecular weight excluding hydrogens is 192 g/mol. The molecule has 1 rings (SSSR count). The van der Waals surface area contributed by atoms with E-state index in [-0.39, 0.29) is 11.8 Å². The zero-order valence-electron chi connectivity index (χ0n) is 9.77. The summed E-state index contributed by atoms with van der Waals surface area (Å²) in [6.45, 7) is 4.94. The summed E-state index contributed by atoms with van der Waals surface area (Å²) in [5.41, 5.74) is 0. The normalized spacial score (nSPS) is 11.9. The maximum Gasteiger partial charge on any atom is 0.193 e. The Bertz CT molecular complexity index is 299. The minimum atomic E-state index is 0.134. The Morgan fingerprint density at radius 2 is 1.73 bits per heavy atom. The van der Waals surface area contributed by atoms with E-state index in [4.69, 9.17) is 0 Å². The van der Waals surface area contributed by atoms with E-state index in [0.717, 1.165) is 24.0 Å². The van der Waals surface area contributed by atoms with E-state index in [9.17, 15) is 10.2 Å². The number of hydrogen-bond donors (Lipinski definition) is 2. The summed E-state index contributed by atoms with van der Waals surface area (Å²) in [5, 5.41) is 18.8. The second-order valence-electron chi connectivity index (χ2n) is 4.53. The number of hydrogen-bond acceptors (Lipinski definition) is 2. The summed E-state index contributed by atoms with van der Waals surface area (Å²) in [5.74, 6) is 0.267. The maximum absolute atomic E-state index is 9.42. The highest BCUT2D eigenvalue weighted by Gasteiger charge is 2.12. The summed E-state index contributed by atoms with van der Waals surface area (Å²) in [6, 6.07) is 3.02. The fourth-order valence-corrected chi connectivity index (χ4v) is 1.49. The number of quaternary nitrogens is 1. The van der Waals surface area contributed by atoms with Crippen molar-refractivity contribution in [3.05, 3.63) is 12.1 Å². The molecule has 1 heterocycles. The minimum absolute atomic E-state index is 0.134. The smallest absolute Gasteiger partial charge is 0.193 e. The van der Waals surface area contributed by atoms with Crippen LogP contribution in [0.25, 0.3) is 0 Å². The zero-order valence-corrected chi connectivity index (χ0v) is 9.77. The fraction of sp³-hybridized carbons (Fsp3) is 0.636. The zero-order chi connectivity index (χ0) is 11.5. The van der Waals surface area contributed by atoms with Crippen LogP contribution in [0.2, 0.25) is 0 Å². The van der Waals surface area contributed by atoms with Gasteiger partial charge in [-0.2, -0.15) is 0 Å². The first-order valence-electron chi connectivity index (χ1n) is 5.36. The van der Waals surface area contributed by atoms with Crippen LogP contribution in [0.3, 0.4) is 0 Å². The lowest BCUT2D eigenvalue weighted by molar-refractivity contribution is -0.888. The largest absolute Gasteiger partial charge is 0.494 e. The van der Waals surface area contributed by atoms with Gasteiger partial charge in [-0.3, -0.25) is 4.57 Å². The monoisotopic (exact) mass is 213 g/mol. The molecule has 0 bridgehead atoms. The Balaban J connectivity index is 2.45. The number of nitrogens with zero attached hydrogens (tertiary/aromatic N) is 2. The first-order valence-corrected chi connectivity index (χ1v) is 5.36. The van der Waals surface area contributed by atoms with Crippen LogP contribution in [-0.4, -0.2) is 46.4 Å². The van der Waals surface area contributed by atoms with Gasteiger partial charge in [-0.25, -0.2) is 0 Å². The van der Waals surface area contributed by atoms with Crippen LogP contribution in [0.15, 0.2) is 12.1 Å². The Hall–Kier alpha value is -1.16. The van der Waals surface area contributed by atoms with Gasteiger partial charge in [-0.05, 0) is 6.92 Å². The highest BCUT2D eigenvalue weighted by Crippen LogP contribution is 2.21. The molecule has 4 heteroatoms. The second-order valence-corrected chi connectivity index (χ2v) is 4.53. The topological polar surface area (TPSA) is 45.4 Å². The third-order valence-corrected chi connectivity index (χ3v) is 2.94. The van der Waals surface area contributed by atoms with Gasteiger partial charge in [0.1, 0.15) is 0 Å². The van der Waals surface area contributed by atoms with Crippen molar-refractivity contribution in [1.82, 2.24) is 4.57 Å². The Morgan fingerprint density at radius 1 is 1.20 bits per heavy atom. The van der Waals surface area contributed by atoms with E-state index in [2.05, 4.69) is 21.0 Å². The summed E-state index contributed by atoms with van der Waals surface area (Å²) in [4.78, 5) is 0. The van der Waals surface area contributed by atoms with Gasteiger partial charge in [-0.1, -0.05) is 0 Å². The first-order chi connectivity index (χ1) is 6.96. The Kier molecular flexibility index (Phi) is 3.63. The van der Waals surface area contributed by atoms with Crippen molar-refractivity contribution in [3.8, 4) is 11.8 Å². The van der Waals surface area contributed by atoms with Crippen LogP contribution in [0.1, 0.15) is 13.3 Å². The fourth-order valence-electron chi connectivity index (χ4n) is 1.49. The lowest BCUT2D eigenvalue weighted by Gasteiger charge is -2.28. The maximum atomic E-state index is 9.42. The average molecular weight is 213 g/mol. The van der Waals surface area contributed by atoms with Crippen molar-refractivity contribution in [2.24, 2.45) is 0 Å². The summed E-state index contributed by atoms with van der Waals surface area (Å²) in [7, 11) is 4.35. The second kappa shape index (κ2) is 4.57. The molecule has 0 aliphatic carbocycles. The van der Waals surface area contributed by atoms with Crippen molar-refractivity contribution in [2.45, 2.75) is 19.9 Å². The molecule has 0 spiro atoms. The van der Waals surface area contributed by atoms with Crippen molar-refractivity contribution in [2.75, 3.05) is 27.2 Å². The van der Waals surface area contributed by atoms with Crippen LogP contribution in [0.5, 0.6) is 11.8 Å². The summed E-state index contributed by atoms with van der Waals surface area (Å²) >= 11 is 0. The molecule has 0 aliphatic rings. The average Bonchev–Trinajstić information content (AvgIpc) is 2.49. The first kappa shape index (κ1) is 11.9. The van der Waals surface area contributed by atoms with Gasteiger partial charge in [0.05, 0.1) is 27.2 Å². The molecule has 0 aliphatic heterocycles. The van der Waals surface area contributed by atoms with E-state index >= 15 is 0 Å². The van der Waals surface area contributed by atoms with Gasteiger partial charge in [-0.15, -0.1) is 0 Å². The summed E-state index contributed by atoms with van der Waals surface area (Å²) in [6.07, 6.45) is 0.941. The number of rotatable bonds is 5.